The molecule has 44 heteroatoms. The minimum Gasteiger partial charge on any atom is -0.480 e. The lowest BCUT2D eigenvalue weighted by molar-refractivity contribution is -0.143. The van der Waals surface area contributed by atoms with Crippen molar-refractivity contribution in [3.8, 4) is 0 Å². The lowest BCUT2D eigenvalue weighted by Crippen LogP contribution is -2.61. The van der Waals surface area contributed by atoms with Crippen LogP contribution < -0.4 is 104 Å². The molecule has 108 heavy (non-hydrogen) atoms. The number of nitrogens with one attached hydrogen (secondary N) is 14. The van der Waals surface area contributed by atoms with Crippen LogP contribution in [-0.2, 0) is 83.1 Å². The number of guanidine groups is 2. The molecule has 0 radical (unpaired) electrons. The summed E-state index contributed by atoms with van der Waals surface area (Å²) in [5.74, 6) is -17.9. The Kier molecular flexibility index (Phi) is 41.1. The molecule has 30 N–H and O–H groups in total. The average molecular weight is 1540 g/mol. The summed E-state index contributed by atoms with van der Waals surface area (Å²) in [4.78, 5) is 232. The number of carboxylic acids is 1. The molecule has 0 spiro atoms. The van der Waals surface area contributed by atoms with Gasteiger partial charge in [0.1, 0.15) is 78.5 Å². The van der Waals surface area contributed by atoms with Crippen molar-refractivity contribution in [1.82, 2.24) is 84.0 Å². The van der Waals surface area contributed by atoms with Gasteiger partial charge in [0.05, 0.1) is 45.7 Å². The summed E-state index contributed by atoms with van der Waals surface area (Å²) in [6, 6.07) is -19.8. The van der Waals surface area contributed by atoms with Crippen LogP contribution in [-0.4, -0.2) is 273 Å². The van der Waals surface area contributed by atoms with E-state index in [-0.39, 0.29) is 94.5 Å². The molecule has 1 fully saturated rings. The van der Waals surface area contributed by atoms with E-state index in [1.807, 2.05) is 5.32 Å². The van der Waals surface area contributed by atoms with Gasteiger partial charge in [0, 0.05) is 37.9 Å². The van der Waals surface area contributed by atoms with Crippen LogP contribution in [0.4, 0.5) is 0 Å². The number of nitrogens with zero attached hydrogens (tertiary/aromatic N) is 4. The van der Waals surface area contributed by atoms with Crippen molar-refractivity contribution in [2.45, 2.75) is 205 Å². The van der Waals surface area contributed by atoms with Crippen molar-refractivity contribution in [3.63, 3.8) is 0 Å². The van der Waals surface area contributed by atoms with Gasteiger partial charge in [0.25, 0.3) is 0 Å². The minimum atomic E-state index is -1.88. The number of imidazole rings is 1. The van der Waals surface area contributed by atoms with E-state index in [9.17, 15) is 92.0 Å². The number of amides is 15. The quantitative estimate of drug-likeness (QED) is 0.0164. The van der Waals surface area contributed by atoms with Gasteiger partial charge in [-0.15, -0.1) is 0 Å². The zero-order chi connectivity index (χ0) is 81.7. The van der Waals surface area contributed by atoms with Gasteiger partial charge in [-0.1, -0.05) is 48.0 Å². The number of aliphatic hydroxyl groups excluding tert-OH is 3. The molecule has 0 bridgehead atoms. The highest BCUT2D eigenvalue weighted by atomic mass is 16.4. The number of hydrogen-bond acceptors (Lipinski definition) is 23. The van der Waals surface area contributed by atoms with E-state index in [0.29, 0.717) is 12.8 Å². The highest BCUT2D eigenvalue weighted by Crippen LogP contribution is 2.21. The molecule has 0 aliphatic carbocycles. The number of aromatic amines is 1. The monoisotopic (exact) mass is 1530 g/mol. The first kappa shape index (κ1) is 93.2. The van der Waals surface area contributed by atoms with Gasteiger partial charge in [0.15, 0.2) is 11.9 Å². The van der Waals surface area contributed by atoms with Crippen LogP contribution in [0.25, 0.3) is 0 Å². The lowest BCUT2D eigenvalue weighted by Gasteiger charge is -2.31. The summed E-state index contributed by atoms with van der Waals surface area (Å²) in [6.45, 7) is 8.43. The second-order valence-corrected chi connectivity index (χ2v) is 26.6. The van der Waals surface area contributed by atoms with E-state index in [2.05, 4.69) is 83.8 Å². The number of aromatic nitrogens is 2. The smallest absolute Gasteiger partial charge is 0.328 e. The van der Waals surface area contributed by atoms with Crippen molar-refractivity contribution in [3.05, 3.63) is 18.2 Å². The molecular weight excluding hydrogens is 1420 g/mol. The first-order valence-electron chi connectivity index (χ1n) is 35.1. The van der Waals surface area contributed by atoms with Gasteiger partial charge >= 0.3 is 5.97 Å². The first-order chi connectivity index (χ1) is 50.8. The van der Waals surface area contributed by atoms with Crippen molar-refractivity contribution in [2.75, 3.05) is 52.5 Å². The number of rotatable bonds is 49. The summed E-state index contributed by atoms with van der Waals surface area (Å²) in [5, 5.41) is 69.8. The highest BCUT2D eigenvalue weighted by molar-refractivity contribution is 6.01. The van der Waals surface area contributed by atoms with Crippen LogP contribution in [0.1, 0.15) is 125 Å². The average Bonchev–Trinajstić information content (AvgIpc) is 1.47. The van der Waals surface area contributed by atoms with Crippen LogP contribution in [0, 0.1) is 17.8 Å². The largest absolute Gasteiger partial charge is 0.480 e. The predicted octanol–water partition coefficient (Wildman–Crippen LogP) is -10.9. The third-order valence-corrected chi connectivity index (χ3v) is 16.7. The minimum absolute atomic E-state index is 0.00901. The predicted molar refractivity (Wildman–Crippen MR) is 384 cm³/mol. The van der Waals surface area contributed by atoms with Crippen molar-refractivity contribution >= 4 is 106 Å². The summed E-state index contributed by atoms with van der Waals surface area (Å²) in [7, 11) is 0. The number of carboxylic acid groups (broad SMARTS) is 1. The molecule has 2 rings (SSSR count). The summed E-state index contributed by atoms with van der Waals surface area (Å²) >= 11 is 0. The number of likely N-dealkylation sites (tertiary alicyclic amines) is 1. The molecule has 0 aromatic carbocycles. The maximum Gasteiger partial charge on any atom is 0.328 e. The van der Waals surface area contributed by atoms with Gasteiger partial charge in [-0.2, -0.15) is 0 Å². The number of hydrogen-bond donors (Lipinski definition) is 24. The molecule has 0 saturated carbocycles. The zero-order valence-corrected chi connectivity index (χ0v) is 61.9. The molecule has 1 aromatic rings. The highest BCUT2D eigenvalue weighted by Gasteiger charge is 2.41. The number of nitrogens with two attached hydrogens (primary N) is 6. The van der Waals surface area contributed by atoms with Crippen LogP contribution in [0.15, 0.2) is 22.5 Å². The fourth-order valence-corrected chi connectivity index (χ4v) is 10.7. The van der Waals surface area contributed by atoms with E-state index in [1.54, 1.807) is 41.5 Å². The number of H-pyrrole nitrogens is 1. The number of aliphatic imine (C=N–C) groups is 2. The molecular formula is C64H110N24O20. The Morgan fingerprint density at radius 1 is 0.537 bits per heavy atom. The first-order valence-corrected chi connectivity index (χ1v) is 35.1. The lowest BCUT2D eigenvalue weighted by atomic mass is 9.97. The fourth-order valence-electron chi connectivity index (χ4n) is 10.7. The molecule has 1 saturated heterocycles. The van der Waals surface area contributed by atoms with E-state index in [4.69, 9.17) is 39.5 Å². The maximum atomic E-state index is 14.6. The van der Waals surface area contributed by atoms with Crippen LogP contribution in [0.3, 0.4) is 0 Å². The Balaban J connectivity index is 2.48. The number of aliphatic carboxylic acids is 1. The zero-order valence-electron chi connectivity index (χ0n) is 61.9. The topological polar surface area (TPSA) is 723 Å². The van der Waals surface area contributed by atoms with Gasteiger partial charge in [-0.3, -0.25) is 81.9 Å². The summed E-state index contributed by atoms with van der Waals surface area (Å²) < 4.78 is 0. The normalized spacial score (nSPS) is 16.1. The van der Waals surface area contributed by atoms with Crippen molar-refractivity contribution < 1.29 is 97.1 Å². The third kappa shape index (κ3) is 33.3. The van der Waals surface area contributed by atoms with E-state index in [1.165, 1.54) is 31.3 Å². The van der Waals surface area contributed by atoms with Crippen molar-refractivity contribution in [1.29, 1.82) is 0 Å². The Hall–Kier alpha value is -10.9. The SMILES string of the molecule is CC[C@H](C)[C@H](NC(=O)[C@H](C)NC(=O)CN)C(=O)N[C@@H](CO)C(=O)N[C@@H](C)C(=O)N[C@@H](Cc1cnc[nH]1)C(=O)N[C@@H](CCCN=C(N)N)C(=O)N[C@@H](CC(N)=O)C(=O)N[C@@H](CC(C)C)C(=O)N[C@@H](CCCN=C(N)N)C(=O)N[C@@H](CC(C)C)C(=O)N1CCC[C@H]1C(=O)NCC(=O)N[C@@H](CO)C(=O)N[C@@H](CO)C(=O)O. The van der Waals surface area contributed by atoms with Gasteiger partial charge in [-0.05, 0) is 83.0 Å². The Bertz CT molecular complexity index is 3300. The van der Waals surface area contributed by atoms with E-state index >= 15 is 0 Å². The molecule has 2 heterocycles. The standard InChI is InChI=1S/C64H110N24O20/c1-9-32(6)49(87-51(96)33(7)76-47(93)23-65)60(105)85-43(27-90)57(102)77-34(8)50(95)81-39(21-35-24-71-29-75-35)55(100)80-36(13-10-16-72-63(67)68)52(97)83-40(22-46(66)92)56(101)82-38(19-30(2)3)54(99)79-37(14-11-17-73-64(69)70)53(98)84-41(20-31(4)5)61(106)88-18-12-15-45(88)59(104)74-25-48(94)78-42(26-89)58(103)86-44(28-91)62(107)108/h24,29-34,36-45,49,89-91H,9-23,25-28,65H2,1-8H3,(H2,66,92)(H,71,75)(H,74,104)(H,76,93)(H,77,102)(H,78,94)(H,79,99)(H,80,100)(H,81,95)(H,82,101)(H,83,97)(H,84,98)(H,85,105)(H,86,103)(H,87,96)(H,107,108)(H4,67,68,72)(H4,69,70,73)/t32-,33-,34-,36-,37-,38-,39-,40-,41-,42-,43-,44-,45-,49-/m0/s1. The Morgan fingerprint density at radius 3 is 1.48 bits per heavy atom. The van der Waals surface area contributed by atoms with Crippen molar-refractivity contribution in [2.24, 2.45) is 62.1 Å². The molecule has 1 aliphatic heterocycles. The molecule has 1 aromatic heterocycles. The van der Waals surface area contributed by atoms with Crippen LogP contribution >= 0.6 is 0 Å². The molecule has 44 nitrogen and oxygen atoms in total. The van der Waals surface area contributed by atoms with Crippen LogP contribution in [0.5, 0.6) is 0 Å². The second-order valence-electron chi connectivity index (χ2n) is 26.6. The maximum absolute atomic E-state index is 14.6. The fraction of sp³-hybridized carbons (Fsp3) is 0.672. The molecule has 15 amide bonds. The Morgan fingerprint density at radius 2 is 0.981 bits per heavy atom. The van der Waals surface area contributed by atoms with Gasteiger partial charge < -0.3 is 134 Å². The number of aliphatic hydroxyl groups is 3. The summed E-state index contributed by atoms with van der Waals surface area (Å²) in [5.41, 5.74) is 33.4. The van der Waals surface area contributed by atoms with Gasteiger partial charge in [0.2, 0.25) is 88.6 Å². The summed E-state index contributed by atoms with van der Waals surface area (Å²) in [6.07, 6.45) is 1.48. The van der Waals surface area contributed by atoms with E-state index in [0.717, 1.165) is 0 Å². The third-order valence-electron chi connectivity index (χ3n) is 16.7. The van der Waals surface area contributed by atoms with Gasteiger partial charge in [-0.25, -0.2) is 9.78 Å². The Labute approximate surface area is 623 Å². The molecule has 0 unspecified atom stereocenters. The molecule has 606 valence electrons. The molecule has 1 aliphatic rings. The number of carbonyl (C=O) groups excluding carboxylic acids is 15. The van der Waals surface area contributed by atoms with Crippen LogP contribution in [0.2, 0.25) is 0 Å². The van der Waals surface area contributed by atoms with E-state index < -0.39 is 224 Å². The number of carbonyl (C=O) groups is 16. The second kappa shape index (κ2) is 47.6. The number of primary amides is 1. The molecule has 14 atom stereocenters.